The van der Waals surface area contributed by atoms with Crippen LogP contribution in [0.4, 0.5) is 0 Å². The zero-order valence-electron chi connectivity index (χ0n) is 5.28. The third kappa shape index (κ3) is 2.03. The van der Waals surface area contributed by atoms with Gasteiger partial charge in [0.25, 0.3) is 0 Å². The van der Waals surface area contributed by atoms with Gasteiger partial charge >= 0.3 is 0 Å². The first-order valence-electron chi connectivity index (χ1n) is 2.80. The van der Waals surface area contributed by atoms with Crippen LogP contribution in [-0.4, -0.2) is 4.99 Å². The SMILES string of the molecule is NC(=S)/C=C/c1ccco1. The van der Waals surface area contributed by atoms with Gasteiger partial charge in [-0.3, -0.25) is 0 Å². The Morgan fingerprint density at radius 3 is 3.00 bits per heavy atom. The third-order valence-electron chi connectivity index (χ3n) is 0.955. The molecule has 0 atom stereocenters. The highest BCUT2D eigenvalue weighted by Crippen LogP contribution is 2.01. The van der Waals surface area contributed by atoms with Gasteiger partial charge in [0, 0.05) is 0 Å². The Hall–Kier alpha value is -1.09. The molecule has 0 aliphatic carbocycles. The molecule has 52 valence electrons. The molecule has 0 aliphatic heterocycles. The minimum atomic E-state index is 0.358. The molecule has 0 radical (unpaired) electrons. The molecular formula is C7H7NOS. The molecule has 1 aromatic heterocycles. The highest BCUT2D eigenvalue weighted by Gasteiger charge is 1.85. The Balaban J connectivity index is 2.64. The predicted molar refractivity (Wildman–Crippen MR) is 44.5 cm³/mol. The van der Waals surface area contributed by atoms with Gasteiger partial charge in [0.1, 0.15) is 5.76 Å². The quantitative estimate of drug-likeness (QED) is 0.518. The molecule has 1 rings (SSSR count). The molecule has 0 amide bonds. The average Bonchev–Trinajstić information content (AvgIpc) is 2.34. The van der Waals surface area contributed by atoms with E-state index in [0.29, 0.717) is 4.99 Å². The molecule has 1 aromatic rings. The van der Waals surface area contributed by atoms with E-state index < -0.39 is 0 Å². The van der Waals surface area contributed by atoms with Gasteiger partial charge in [0.05, 0.1) is 11.3 Å². The highest BCUT2D eigenvalue weighted by molar-refractivity contribution is 7.80. The molecule has 0 fully saturated rings. The van der Waals surface area contributed by atoms with Gasteiger partial charge in [-0.1, -0.05) is 12.2 Å². The van der Waals surface area contributed by atoms with Crippen LogP contribution in [0.3, 0.4) is 0 Å². The molecule has 2 N–H and O–H groups in total. The van der Waals surface area contributed by atoms with Gasteiger partial charge in [-0.05, 0) is 24.3 Å². The second kappa shape index (κ2) is 3.17. The summed E-state index contributed by atoms with van der Waals surface area (Å²) in [5, 5.41) is 0. The number of furan rings is 1. The summed E-state index contributed by atoms with van der Waals surface area (Å²) in [5.41, 5.74) is 5.21. The Kier molecular flexibility index (Phi) is 2.23. The Morgan fingerprint density at radius 1 is 1.70 bits per heavy atom. The number of hydrogen-bond donors (Lipinski definition) is 1. The van der Waals surface area contributed by atoms with Crippen LogP contribution in [0.1, 0.15) is 5.76 Å². The first-order chi connectivity index (χ1) is 4.79. The zero-order chi connectivity index (χ0) is 7.40. The highest BCUT2D eigenvalue weighted by atomic mass is 32.1. The predicted octanol–water partition coefficient (Wildman–Crippen LogP) is 1.58. The average molecular weight is 153 g/mol. The van der Waals surface area contributed by atoms with Crippen molar-refractivity contribution in [3.63, 3.8) is 0 Å². The Bertz CT molecular complexity index is 238. The van der Waals surface area contributed by atoms with Crippen LogP contribution < -0.4 is 5.73 Å². The monoisotopic (exact) mass is 153 g/mol. The Labute approximate surface area is 64.3 Å². The lowest BCUT2D eigenvalue weighted by atomic mass is 10.4. The van der Waals surface area contributed by atoms with Crippen molar-refractivity contribution >= 4 is 23.3 Å². The van der Waals surface area contributed by atoms with Gasteiger partial charge in [-0.25, -0.2) is 0 Å². The molecule has 1 heterocycles. The van der Waals surface area contributed by atoms with Crippen LogP contribution in [0.5, 0.6) is 0 Å². The maximum atomic E-state index is 5.21. The normalized spacial score (nSPS) is 10.4. The summed E-state index contributed by atoms with van der Waals surface area (Å²) >= 11 is 4.62. The summed E-state index contributed by atoms with van der Waals surface area (Å²) in [6, 6.07) is 3.63. The summed E-state index contributed by atoms with van der Waals surface area (Å²) in [6.45, 7) is 0. The third-order valence-corrected chi connectivity index (χ3v) is 1.09. The van der Waals surface area contributed by atoms with E-state index in [1.165, 1.54) is 0 Å². The van der Waals surface area contributed by atoms with Crippen molar-refractivity contribution in [3.8, 4) is 0 Å². The molecule has 0 spiro atoms. The van der Waals surface area contributed by atoms with Crippen molar-refractivity contribution in [3.05, 3.63) is 30.2 Å². The number of thiocarbonyl (C=S) groups is 1. The molecule has 0 aromatic carbocycles. The van der Waals surface area contributed by atoms with Crippen LogP contribution >= 0.6 is 12.2 Å². The second-order valence-corrected chi connectivity index (χ2v) is 2.22. The van der Waals surface area contributed by atoms with Crippen LogP contribution in [0, 0.1) is 0 Å². The standard InChI is InChI=1S/C7H7NOS/c8-7(10)4-3-6-2-1-5-9-6/h1-5H,(H2,8,10)/b4-3+. The summed E-state index contributed by atoms with van der Waals surface area (Å²) < 4.78 is 4.98. The second-order valence-electron chi connectivity index (χ2n) is 1.75. The lowest BCUT2D eigenvalue weighted by molar-refractivity contribution is 0.557. The molecular weight excluding hydrogens is 146 g/mol. The van der Waals surface area contributed by atoms with Crippen molar-refractivity contribution in [2.45, 2.75) is 0 Å². The molecule has 0 saturated carbocycles. The fraction of sp³-hybridized carbons (Fsp3) is 0. The number of hydrogen-bond acceptors (Lipinski definition) is 2. The summed E-state index contributed by atoms with van der Waals surface area (Å²) in [5.74, 6) is 0.757. The molecule has 10 heavy (non-hydrogen) atoms. The minimum absolute atomic E-state index is 0.358. The Morgan fingerprint density at radius 2 is 2.50 bits per heavy atom. The largest absolute Gasteiger partial charge is 0.465 e. The maximum Gasteiger partial charge on any atom is 0.126 e. The van der Waals surface area contributed by atoms with Gasteiger partial charge in [-0.15, -0.1) is 0 Å². The van der Waals surface area contributed by atoms with E-state index in [4.69, 9.17) is 10.2 Å². The van der Waals surface area contributed by atoms with E-state index in [1.54, 1.807) is 24.5 Å². The number of nitrogens with two attached hydrogens (primary N) is 1. The van der Waals surface area contributed by atoms with Crippen molar-refractivity contribution in [2.75, 3.05) is 0 Å². The lowest BCUT2D eigenvalue weighted by Gasteiger charge is -1.82. The topological polar surface area (TPSA) is 39.2 Å². The van der Waals surface area contributed by atoms with Gasteiger partial charge in [-0.2, -0.15) is 0 Å². The van der Waals surface area contributed by atoms with Crippen LogP contribution in [0.2, 0.25) is 0 Å². The molecule has 3 heteroatoms. The molecule has 0 unspecified atom stereocenters. The van der Waals surface area contributed by atoms with Crippen molar-refractivity contribution in [1.82, 2.24) is 0 Å². The van der Waals surface area contributed by atoms with Crippen LogP contribution in [-0.2, 0) is 0 Å². The summed E-state index contributed by atoms with van der Waals surface area (Å²) in [7, 11) is 0. The van der Waals surface area contributed by atoms with Crippen molar-refractivity contribution in [2.24, 2.45) is 5.73 Å². The van der Waals surface area contributed by atoms with Crippen molar-refractivity contribution in [1.29, 1.82) is 0 Å². The van der Waals surface area contributed by atoms with E-state index in [1.807, 2.05) is 6.07 Å². The van der Waals surface area contributed by atoms with Gasteiger partial charge < -0.3 is 10.2 Å². The van der Waals surface area contributed by atoms with E-state index in [0.717, 1.165) is 5.76 Å². The smallest absolute Gasteiger partial charge is 0.126 e. The molecule has 0 bridgehead atoms. The first kappa shape index (κ1) is 7.02. The van der Waals surface area contributed by atoms with E-state index in [2.05, 4.69) is 12.2 Å². The molecule has 0 aliphatic rings. The van der Waals surface area contributed by atoms with Crippen molar-refractivity contribution < 1.29 is 4.42 Å². The van der Waals surface area contributed by atoms with E-state index in [-0.39, 0.29) is 0 Å². The fourth-order valence-corrected chi connectivity index (χ4v) is 0.618. The first-order valence-corrected chi connectivity index (χ1v) is 3.21. The lowest BCUT2D eigenvalue weighted by Crippen LogP contribution is -2.01. The summed E-state index contributed by atoms with van der Waals surface area (Å²) in [4.78, 5) is 0.358. The van der Waals surface area contributed by atoms with Gasteiger partial charge in [0.2, 0.25) is 0 Å². The molecule has 0 saturated heterocycles. The van der Waals surface area contributed by atoms with Gasteiger partial charge in [0.15, 0.2) is 0 Å². The van der Waals surface area contributed by atoms with Crippen LogP contribution in [0.15, 0.2) is 28.9 Å². The van der Waals surface area contributed by atoms with E-state index in [9.17, 15) is 0 Å². The minimum Gasteiger partial charge on any atom is -0.465 e. The zero-order valence-corrected chi connectivity index (χ0v) is 6.10. The fourth-order valence-electron chi connectivity index (χ4n) is 0.550. The van der Waals surface area contributed by atoms with E-state index >= 15 is 0 Å². The van der Waals surface area contributed by atoms with Crippen LogP contribution in [0.25, 0.3) is 6.08 Å². The molecule has 2 nitrogen and oxygen atoms in total. The summed E-state index contributed by atoms with van der Waals surface area (Å²) in [6.07, 6.45) is 4.94. The number of rotatable bonds is 2. The maximum absolute atomic E-state index is 5.21.